The van der Waals surface area contributed by atoms with Gasteiger partial charge < -0.3 is 9.05 Å². The van der Waals surface area contributed by atoms with Crippen LogP contribution in [-0.4, -0.2) is 13.2 Å². The Morgan fingerprint density at radius 3 is 2.18 bits per heavy atom. The Morgan fingerprint density at radius 2 is 1.71 bits per heavy atom. The molecule has 0 aromatic rings. The molecule has 0 spiro atoms. The first-order valence-electron chi connectivity index (χ1n) is 6.36. The van der Waals surface area contributed by atoms with Gasteiger partial charge in [-0.3, -0.25) is 4.57 Å². The van der Waals surface area contributed by atoms with Crippen molar-refractivity contribution >= 4 is 19.2 Å². The third-order valence-corrected chi connectivity index (χ3v) is 4.91. The predicted octanol–water partition coefficient (Wildman–Crippen LogP) is 5.30. The van der Waals surface area contributed by atoms with E-state index in [1.54, 1.807) is 19.9 Å². The van der Waals surface area contributed by atoms with Gasteiger partial charge in [-0.15, -0.1) is 0 Å². The van der Waals surface area contributed by atoms with Crippen LogP contribution < -0.4 is 0 Å². The first-order valence-corrected chi connectivity index (χ1v) is 8.28. The van der Waals surface area contributed by atoms with Crippen molar-refractivity contribution in [3.8, 4) is 0 Å². The third kappa shape index (κ3) is 7.25. The third-order valence-electron chi connectivity index (χ3n) is 2.23. The van der Waals surface area contributed by atoms with Gasteiger partial charge in [0.2, 0.25) is 0 Å². The highest BCUT2D eigenvalue weighted by atomic mass is 35.5. The fourth-order valence-electron chi connectivity index (χ4n) is 1.40. The summed E-state index contributed by atoms with van der Waals surface area (Å²) < 4.78 is 22.7. The molecule has 17 heavy (non-hydrogen) atoms. The highest BCUT2D eigenvalue weighted by Gasteiger charge is 2.27. The van der Waals surface area contributed by atoms with Crippen LogP contribution in [0.1, 0.15) is 52.9 Å². The summed E-state index contributed by atoms with van der Waals surface area (Å²) in [6, 6.07) is 0. The average molecular weight is 283 g/mol. The van der Waals surface area contributed by atoms with Gasteiger partial charge >= 0.3 is 7.60 Å². The highest BCUT2D eigenvalue weighted by molar-refractivity contribution is 7.61. The summed E-state index contributed by atoms with van der Waals surface area (Å²) >= 11 is 6.01. The highest BCUT2D eigenvalue weighted by Crippen LogP contribution is 2.57. The number of halogens is 1. The molecule has 0 saturated carbocycles. The van der Waals surface area contributed by atoms with E-state index in [9.17, 15) is 4.57 Å². The lowest BCUT2D eigenvalue weighted by Gasteiger charge is -2.15. The largest absolute Gasteiger partial charge is 0.372 e. The lowest BCUT2D eigenvalue weighted by molar-refractivity contribution is 0.228. The summed E-state index contributed by atoms with van der Waals surface area (Å²) in [5.41, 5.74) is 0. The zero-order valence-electron chi connectivity index (χ0n) is 11.1. The average Bonchev–Trinajstić information content (AvgIpc) is 2.29. The summed E-state index contributed by atoms with van der Waals surface area (Å²) in [5.74, 6) is 0. The molecule has 0 amide bonds. The van der Waals surface area contributed by atoms with Crippen molar-refractivity contribution in [2.24, 2.45) is 0 Å². The quantitative estimate of drug-likeness (QED) is 0.403. The van der Waals surface area contributed by atoms with E-state index < -0.39 is 7.60 Å². The SMILES string of the molecule is CCCCCC/C=C(\Cl)P(=O)(OCC)OCC. The second-order valence-corrected chi connectivity index (χ2v) is 6.37. The number of allylic oxidation sites excluding steroid dienone is 1. The van der Waals surface area contributed by atoms with Crippen molar-refractivity contribution < 1.29 is 13.6 Å². The lowest BCUT2D eigenvalue weighted by Crippen LogP contribution is -1.95. The van der Waals surface area contributed by atoms with Crippen LogP contribution in [0.2, 0.25) is 0 Å². The zero-order chi connectivity index (χ0) is 13.1. The smallest absolute Gasteiger partial charge is 0.305 e. The van der Waals surface area contributed by atoms with Crippen LogP contribution in [0.5, 0.6) is 0 Å². The van der Waals surface area contributed by atoms with E-state index in [0.717, 1.165) is 12.8 Å². The van der Waals surface area contributed by atoms with E-state index in [2.05, 4.69) is 6.92 Å². The molecule has 0 saturated heterocycles. The molecule has 0 aromatic carbocycles. The van der Waals surface area contributed by atoms with Crippen LogP contribution in [-0.2, 0) is 13.6 Å². The summed E-state index contributed by atoms with van der Waals surface area (Å²) in [6.07, 6.45) is 7.24. The maximum atomic E-state index is 12.2. The van der Waals surface area contributed by atoms with Crippen LogP contribution in [0, 0.1) is 0 Å². The molecule has 0 heterocycles. The molecule has 102 valence electrons. The van der Waals surface area contributed by atoms with E-state index in [1.807, 2.05) is 0 Å². The van der Waals surface area contributed by atoms with Crippen LogP contribution in [0.3, 0.4) is 0 Å². The van der Waals surface area contributed by atoms with Gasteiger partial charge in [-0.1, -0.05) is 43.9 Å². The molecule has 3 nitrogen and oxygen atoms in total. The van der Waals surface area contributed by atoms with Gasteiger partial charge in [0.25, 0.3) is 0 Å². The summed E-state index contributed by atoms with van der Waals surface area (Å²) in [6.45, 7) is 6.38. The van der Waals surface area contributed by atoms with Crippen molar-refractivity contribution in [2.75, 3.05) is 13.2 Å². The second-order valence-electron chi connectivity index (χ2n) is 3.71. The van der Waals surface area contributed by atoms with Crippen LogP contribution in [0.15, 0.2) is 10.8 Å². The van der Waals surface area contributed by atoms with Gasteiger partial charge in [0.05, 0.1) is 13.2 Å². The molecule has 0 aromatic heterocycles. The van der Waals surface area contributed by atoms with Crippen molar-refractivity contribution in [3.05, 3.63) is 10.8 Å². The van der Waals surface area contributed by atoms with Crippen LogP contribution >= 0.6 is 19.2 Å². The number of unbranched alkanes of at least 4 members (excludes halogenated alkanes) is 4. The molecule has 0 N–H and O–H groups in total. The summed E-state index contributed by atoms with van der Waals surface area (Å²) in [7, 11) is -3.24. The molecule has 5 heteroatoms. The Hall–Kier alpha value is 0.180. The van der Waals surface area contributed by atoms with Crippen molar-refractivity contribution in [2.45, 2.75) is 52.9 Å². The van der Waals surface area contributed by atoms with Gasteiger partial charge in [-0.2, -0.15) is 0 Å². The standard InChI is InChI=1S/C12H24ClO3P/c1-4-7-8-9-10-11-12(13)17(14,15-5-2)16-6-3/h11H,4-10H2,1-3H3/b12-11+. The minimum absolute atomic E-state index is 0.220. The fraction of sp³-hybridized carbons (Fsp3) is 0.833. The topological polar surface area (TPSA) is 35.5 Å². The van der Waals surface area contributed by atoms with E-state index in [-0.39, 0.29) is 4.77 Å². The van der Waals surface area contributed by atoms with Gasteiger partial charge in [0, 0.05) is 0 Å². The molecule has 0 unspecified atom stereocenters. The molecule has 0 bridgehead atoms. The summed E-state index contributed by atoms with van der Waals surface area (Å²) in [5, 5.41) is 0. The Bertz CT molecular complexity index is 256. The molecule has 0 radical (unpaired) electrons. The van der Waals surface area contributed by atoms with Crippen molar-refractivity contribution in [1.29, 1.82) is 0 Å². The normalized spacial score (nSPS) is 13.1. The Morgan fingerprint density at radius 1 is 1.12 bits per heavy atom. The molecule has 0 rings (SSSR count). The monoisotopic (exact) mass is 282 g/mol. The fourth-order valence-corrected chi connectivity index (χ4v) is 3.16. The number of hydrogen-bond acceptors (Lipinski definition) is 3. The molecular weight excluding hydrogens is 259 g/mol. The second kappa shape index (κ2) is 10.1. The van der Waals surface area contributed by atoms with Crippen LogP contribution in [0.4, 0.5) is 0 Å². The molecule has 0 aliphatic carbocycles. The Balaban J connectivity index is 4.25. The van der Waals surface area contributed by atoms with Gasteiger partial charge in [0.15, 0.2) is 0 Å². The predicted molar refractivity (Wildman–Crippen MR) is 73.6 cm³/mol. The summed E-state index contributed by atoms with van der Waals surface area (Å²) in [4.78, 5) is 0. The van der Waals surface area contributed by atoms with Crippen molar-refractivity contribution in [3.63, 3.8) is 0 Å². The minimum atomic E-state index is -3.24. The van der Waals surface area contributed by atoms with Crippen LogP contribution in [0.25, 0.3) is 0 Å². The maximum absolute atomic E-state index is 12.2. The van der Waals surface area contributed by atoms with E-state index in [1.165, 1.54) is 19.3 Å². The number of hydrogen-bond donors (Lipinski definition) is 0. The van der Waals surface area contributed by atoms with Crippen molar-refractivity contribution in [1.82, 2.24) is 0 Å². The lowest BCUT2D eigenvalue weighted by atomic mass is 10.2. The van der Waals surface area contributed by atoms with E-state index in [0.29, 0.717) is 13.2 Å². The molecule has 0 aliphatic heterocycles. The zero-order valence-corrected chi connectivity index (χ0v) is 12.7. The van der Waals surface area contributed by atoms with Gasteiger partial charge in [0.1, 0.15) is 4.77 Å². The molecule has 0 atom stereocenters. The first kappa shape index (κ1) is 17.2. The molecule has 0 aliphatic rings. The molecule has 0 fully saturated rings. The van der Waals surface area contributed by atoms with E-state index in [4.69, 9.17) is 20.6 Å². The number of rotatable bonds is 10. The van der Waals surface area contributed by atoms with Gasteiger partial charge in [-0.25, -0.2) is 0 Å². The first-order chi connectivity index (χ1) is 8.10. The molecular formula is C12H24ClO3P. The minimum Gasteiger partial charge on any atom is -0.305 e. The van der Waals surface area contributed by atoms with Gasteiger partial charge in [-0.05, 0) is 26.7 Å². The Labute approximate surface area is 110 Å². The Kier molecular flexibility index (Phi) is 10.2. The maximum Gasteiger partial charge on any atom is 0.372 e. The van der Waals surface area contributed by atoms with E-state index >= 15 is 0 Å².